The maximum absolute atomic E-state index is 11.2. The zero-order valence-corrected chi connectivity index (χ0v) is 13.9. The van der Waals surface area contributed by atoms with Crippen molar-refractivity contribution in [3.8, 4) is 0 Å². The van der Waals surface area contributed by atoms with E-state index in [2.05, 4.69) is 19.5 Å². The Morgan fingerprint density at radius 3 is 2.92 bits per heavy atom. The van der Waals surface area contributed by atoms with Crippen LogP contribution in [0.15, 0.2) is 12.7 Å². The number of hydrogen-bond donors (Lipinski definition) is 2. The van der Waals surface area contributed by atoms with Crippen molar-refractivity contribution in [3.63, 3.8) is 0 Å². The van der Waals surface area contributed by atoms with Gasteiger partial charge in [0, 0.05) is 11.7 Å². The van der Waals surface area contributed by atoms with Gasteiger partial charge in [0.1, 0.15) is 36.8 Å². The quantitative estimate of drug-likeness (QED) is 0.677. The first-order valence-electron chi connectivity index (χ1n) is 7.00. The Morgan fingerprint density at radius 1 is 1.42 bits per heavy atom. The molecule has 3 heterocycles. The van der Waals surface area contributed by atoms with Crippen molar-refractivity contribution >= 4 is 25.2 Å². The lowest BCUT2D eigenvalue weighted by Crippen LogP contribution is -2.34. The molecule has 12 heteroatoms. The number of aliphatic hydroxyl groups is 1. The van der Waals surface area contributed by atoms with Gasteiger partial charge in [-0.1, -0.05) is 0 Å². The molecule has 1 unspecified atom stereocenters. The van der Waals surface area contributed by atoms with Crippen LogP contribution in [-0.4, -0.2) is 63.8 Å². The van der Waals surface area contributed by atoms with E-state index in [1.54, 1.807) is 4.57 Å². The summed E-state index contributed by atoms with van der Waals surface area (Å²) in [6.45, 7) is -0.121. The molecule has 2 aromatic heterocycles. The van der Waals surface area contributed by atoms with E-state index in [4.69, 9.17) is 19.7 Å². The number of fused-ring (bicyclic) bond motifs is 1. The molecule has 0 bridgehead atoms. The van der Waals surface area contributed by atoms with Gasteiger partial charge in [-0.3, -0.25) is 4.57 Å². The number of anilines is 1. The molecular weight excluding hydrogens is 341 g/mol. The molecule has 1 saturated heterocycles. The van der Waals surface area contributed by atoms with E-state index in [9.17, 15) is 9.67 Å². The van der Waals surface area contributed by atoms with Crippen molar-refractivity contribution in [2.45, 2.75) is 24.5 Å². The van der Waals surface area contributed by atoms with Gasteiger partial charge < -0.3 is 20.3 Å². The Hall–Kier alpha value is -1.75. The molecule has 0 aliphatic carbocycles. The summed E-state index contributed by atoms with van der Waals surface area (Å²) in [7, 11) is 0.445. The first-order chi connectivity index (χ1) is 11.6. The molecule has 0 amide bonds. The number of imidazole rings is 1. The molecule has 0 saturated carbocycles. The number of methoxy groups -OCH3 is 1. The predicted molar refractivity (Wildman–Crippen MR) is 81.0 cm³/mol. The molecule has 0 spiro atoms. The standard InChI is InChI=1S/C12H17N5O6P/c1-20-9-8(18)6(3-22-24(19)21-2)23-12(9)17-5-16-7-10(13)14-4-15-11(7)17/h4-6,8-9,12,18H,3H2,1-2H3,(H2,13,14,15)/q+1/t6-,8-,9-,12-/m1/s1. The second-order valence-corrected chi connectivity index (χ2v) is 6.11. The van der Waals surface area contributed by atoms with Crippen molar-refractivity contribution in [2.24, 2.45) is 0 Å². The van der Waals surface area contributed by atoms with Crippen LogP contribution in [0.25, 0.3) is 11.2 Å². The molecule has 24 heavy (non-hydrogen) atoms. The van der Waals surface area contributed by atoms with E-state index in [0.717, 1.165) is 0 Å². The monoisotopic (exact) mass is 358 g/mol. The van der Waals surface area contributed by atoms with Crippen molar-refractivity contribution in [2.75, 3.05) is 26.6 Å². The molecule has 11 nitrogen and oxygen atoms in total. The van der Waals surface area contributed by atoms with Gasteiger partial charge in [-0.25, -0.2) is 15.0 Å². The van der Waals surface area contributed by atoms with Crippen LogP contribution >= 0.6 is 8.25 Å². The van der Waals surface area contributed by atoms with E-state index >= 15 is 0 Å². The fourth-order valence-electron chi connectivity index (χ4n) is 2.58. The molecular formula is C12H17N5O6P+. The third kappa shape index (κ3) is 2.97. The average Bonchev–Trinajstić information content (AvgIpc) is 3.14. The molecule has 0 aromatic carbocycles. The summed E-state index contributed by atoms with van der Waals surface area (Å²) in [6, 6.07) is 0. The van der Waals surface area contributed by atoms with Crippen LogP contribution in [0.1, 0.15) is 6.23 Å². The second-order valence-electron chi connectivity index (χ2n) is 5.04. The third-order valence-electron chi connectivity index (χ3n) is 3.74. The minimum atomic E-state index is -2.26. The van der Waals surface area contributed by atoms with Crippen LogP contribution in [0.2, 0.25) is 0 Å². The van der Waals surface area contributed by atoms with Crippen LogP contribution in [0, 0.1) is 0 Å². The normalized spacial score (nSPS) is 27.7. The Bertz CT molecular complexity index is 742. The van der Waals surface area contributed by atoms with Crippen LogP contribution < -0.4 is 5.73 Å². The van der Waals surface area contributed by atoms with Crippen LogP contribution in [0.3, 0.4) is 0 Å². The molecule has 2 aromatic rings. The highest BCUT2D eigenvalue weighted by molar-refractivity contribution is 7.33. The van der Waals surface area contributed by atoms with Crippen LogP contribution in [0.5, 0.6) is 0 Å². The molecule has 1 aliphatic rings. The Kier molecular flexibility index (Phi) is 4.99. The van der Waals surface area contributed by atoms with Gasteiger partial charge >= 0.3 is 8.25 Å². The minimum Gasteiger partial charge on any atom is -0.387 e. The summed E-state index contributed by atoms with van der Waals surface area (Å²) in [4.78, 5) is 12.2. The van der Waals surface area contributed by atoms with Gasteiger partial charge in [-0.15, -0.1) is 9.05 Å². The van der Waals surface area contributed by atoms with Crippen molar-refractivity contribution in [3.05, 3.63) is 12.7 Å². The molecule has 3 rings (SSSR count). The van der Waals surface area contributed by atoms with Gasteiger partial charge in [0.05, 0.1) is 13.4 Å². The van der Waals surface area contributed by atoms with Crippen LogP contribution in [-0.2, 0) is 23.1 Å². The predicted octanol–water partition coefficient (Wildman–Crippen LogP) is 0.00220. The summed E-state index contributed by atoms with van der Waals surface area (Å²) >= 11 is 0. The van der Waals surface area contributed by atoms with E-state index in [1.807, 2.05) is 0 Å². The molecule has 130 valence electrons. The molecule has 1 fully saturated rings. The van der Waals surface area contributed by atoms with Gasteiger partial charge in [0.15, 0.2) is 17.7 Å². The third-order valence-corrected chi connectivity index (χ3v) is 4.40. The highest BCUT2D eigenvalue weighted by Gasteiger charge is 2.47. The summed E-state index contributed by atoms with van der Waals surface area (Å²) in [5.41, 5.74) is 6.65. The number of rotatable bonds is 6. The van der Waals surface area contributed by atoms with Crippen molar-refractivity contribution in [1.82, 2.24) is 19.5 Å². The Labute approximate surface area is 137 Å². The highest BCUT2D eigenvalue weighted by Crippen LogP contribution is 2.35. The average molecular weight is 358 g/mol. The lowest BCUT2D eigenvalue weighted by Gasteiger charge is -2.19. The number of nitrogens with zero attached hydrogens (tertiary/aromatic N) is 4. The van der Waals surface area contributed by atoms with Crippen LogP contribution in [0.4, 0.5) is 5.82 Å². The zero-order chi connectivity index (χ0) is 17.3. The van der Waals surface area contributed by atoms with E-state index in [1.165, 1.54) is 26.9 Å². The molecule has 3 N–H and O–H groups in total. The van der Waals surface area contributed by atoms with Gasteiger partial charge in [0.2, 0.25) is 0 Å². The van der Waals surface area contributed by atoms with E-state index < -0.39 is 32.8 Å². The SMILES string of the molecule is CO[C@@H]1[C@H](O)[C@@H](CO[P+](=O)OC)O[C@H]1n1cnc2c(N)ncnc21. The summed E-state index contributed by atoms with van der Waals surface area (Å²) < 4.78 is 33.5. The smallest absolute Gasteiger partial charge is 0.387 e. The van der Waals surface area contributed by atoms with Gasteiger partial charge in [-0.05, 0) is 0 Å². The minimum absolute atomic E-state index is 0.121. The number of aromatic nitrogens is 4. The molecule has 1 aliphatic heterocycles. The topological polar surface area (TPSA) is 144 Å². The largest absolute Gasteiger partial charge is 0.697 e. The fraction of sp³-hybridized carbons (Fsp3) is 0.583. The van der Waals surface area contributed by atoms with Crippen molar-refractivity contribution in [1.29, 1.82) is 0 Å². The number of nitrogens with two attached hydrogens (primary N) is 1. The van der Waals surface area contributed by atoms with E-state index in [0.29, 0.717) is 11.2 Å². The molecule has 5 atom stereocenters. The first-order valence-corrected chi connectivity index (χ1v) is 8.10. The Balaban J connectivity index is 1.86. The Morgan fingerprint density at radius 2 is 2.21 bits per heavy atom. The number of hydrogen-bond acceptors (Lipinski definition) is 10. The number of nitrogen functional groups attached to an aromatic ring is 1. The fourth-order valence-corrected chi connectivity index (χ4v) is 2.95. The lowest BCUT2D eigenvalue weighted by molar-refractivity contribution is -0.0562. The first kappa shape index (κ1) is 17.1. The van der Waals surface area contributed by atoms with Gasteiger partial charge in [0.25, 0.3) is 0 Å². The second kappa shape index (κ2) is 7.01. The number of ether oxygens (including phenoxy) is 2. The highest BCUT2D eigenvalue weighted by atomic mass is 31.1. The van der Waals surface area contributed by atoms with E-state index in [-0.39, 0.29) is 12.4 Å². The summed E-state index contributed by atoms with van der Waals surface area (Å²) in [5, 5.41) is 10.4. The maximum Gasteiger partial charge on any atom is 0.697 e. The number of aliphatic hydroxyl groups excluding tert-OH is 1. The zero-order valence-electron chi connectivity index (χ0n) is 13.0. The lowest BCUT2D eigenvalue weighted by atomic mass is 10.1. The summed E-state index contributed by atoms with van der Waals surface area (Å²) in [6.07, 6.45) is -0.376. The maximum atomic E-state index is 11.2. The van der Waals surface area contributed by atoms with Crippen molar-refractivity contribution < 1.29 is 28.2 Å². The molecule has 0 radical (unpaired) electrons. The van der Waals surface area contributed by atoms with Gasteiger partial charge in [-0.2, -0.15) is 0 Å². The summed E-state index contributed by atoms with van der Waals surface area (Å²) in [5.74, 6) is 0.239.